The number of pyridine rings is 1. The number of aromatic nitrogens is 1. The molecule has 6 heteroatoms. The molecular formula is C19H25N3O3. The molecule has 2 amide bonds. The molecule has 4 rings (SSSR count). The summed E-state index contributed by atoms with van der Waals surface area (Å²) >= 11 is 0. The molecule has 4 atom stereocenters. The monoisotopic (exact) mass is 343 g/mol. The highest BCUT2D eigenvalue weighted by Gasteiger charge is 2.42. The van der Waals surface area contributed by atoms with Gasteiger partial charge >= 0.3 is 0 Å². The van der Waals surface area contributed by atoms with E-state index >= 15 is 0 Å². The van der Waals surface area contributed by atoms with Crippen molar-refractivity contribution in [3.8, 4) is 0 Å². The predicted octanol–water partition coefficient (Wildman–Crippen LogP) is 1.82. The number of carbonyl (C=O) groups is 2. The molecule has 3 heterocycles. The van der Waals surface area contributed by atoms with E-state index in [1.54, 1.807) is 6.20 Å². The molecule has 2 saturated heterocycles. The zero-order chi connectivity index (χ0) is 17.2. The van der Waals surface area contributed by atoms with Gasteiger partial charge in [-0.1, -0.05) is 18.9 Å². The number of fused-ring (bicyclic) bond motifs is 1. The summed E-state index contributed by atoms with van der Waals surface area (Å²) < 4.78 is 5.85. The minimum atomic E-state index is -0.569. The summed E-state index contributed by atoms with van der Waals surface area (Å²) in [5.41, 5.74) is 0.862. The molecule has 1 saturated carbocycles. The number of ether oxygens (including phenoxy) is 1. The smallest absolute Gasteiger partial charge is 0.235 e. The van der Waals surface area contributed by atoms with Crippen molar-refractivity contribution < 1.29 is 14.3 Å². The van der Waals surface area contributed by atoms with E-state index in [-0.39, 0.29) is 30.0 Å². The zero-order valence-electron chi connectivity index (χ0n) is 14.4. The Morgan fingerprint density at radius 3 is 2.88 bits per heavy atom. The fourth-order valence-corrected chi connectivity index (χ4v) is 4.42. The lowest BCUT2D eigenvalue weighted by molar-refractivity contribution is -0.158. The Labute approximate surface area is 147 Å². The van der Waals surface area contributed by atoms with E-state index in [4.69, 9.17) is 4.74 Å². The van der Waals surface area contributed by atoms with Gasteiger partial charge in [-0.2, -0.15) is 0 Å². The molecule has 0 bridgehead atoms. The summed E-state index contributed by atoms with van der Waals surface area (Å²) in [7, 11) is 0. The van der Waals surface area contributed by atoms with Gasteiger partial charge in [-0.15, -0.1) is 0 Å². The van der Waals surface area contributed by atoms with Gasteiger partial charge in [0.1, 0.15) is 5.92 Å². The topological polar surface area (TPSA) is 71.5 Å². The number of nitrogens with one attached hydrogen (secondary N) is 1. The molecule has 0 aromatic carbocycles. The highest BCUT2D eigenvalue weighted by molar-refractivity contribution is 6.01. The van der Waals surface area contributed by atoms with Crippen molar-refractivity contribution >= 4 is 11.8 Å². The Balaban J connectivity index is 1.43. The first kappa shape index (κ1) is 16.5. The van der Waals surface area contributed by atoms with Gasteiger partial charge in [0, 0.05) is 12.7 Å². The summed E-state index contributed by atoms with van der Waals surface area (Å²) in [6.45, 7) is 1.19. The Hall–Kier alpha value is -1.95. The molecule has 1 aromatic rings. The summed E-state index contributed by atoms with van der Waals surface area (Å²) in [4.78, 5) is 31.9. The predicted molar refractivity (Wildman–Crippen MR) is 91.6 cm³/mol. The molecule has 1 aliphatic carbocycles. The van der Waals surface area contributed by atoms with Crippen LogP contribution in [0.25, 0.3) is 0 Å². The number of rotatable bonds is 2. The van der Waals surface area contributed by atoms with E-state index < -0.39 is 5.92 Å². The van der Waals surface area contributed by atoms with Gasteiger partial charge < -0.3 is 15.0 Å². The van der Waals surface area contributed by atoms with Crippen LogP contribution >= 0.6 is 0 Å². The Morgan fingerprint density at radius 1 is 1.20 bits per heavy atom. The third-order valence-electron chi connectivity index (χ3n) is 5.74. The van der Waals surface area contributed by atoms with Crippen molar-refractivity contribution in [2.75, 3.05) is 13.2 Å². The molecule has 134 valence electrons. The van der Waals surface area contributed by atoms with Crippen molar-refractivity contribution in [1.82, 2.24) is 15.2 Å². The van der Waals surface area contributed by atoms with E-state index in [0.29, 0.717) is 19.6 Å². The second-order valence-electron chi connectivity index (χ2n) is 7.24. The molecule has 0 spiro atoms. The maximum absolute atomic E-state index is 13.1. The van der Waals surface area contributed by atoms with Crippen molar-refractivity contribution in [2.45, 2.75) is 56.7 Å². The normalized spacial score (nSPS) is 32.6. The van der Waals surface area contributed by atoms with E-state index in [0.717, 1.165) is 31.4 Å². The van der Waals surface area contributed by atoms with E-state index in [2.05, 4.69) is 10.3 Å². The Kier molecular flexibility index (Phi) is 4.70. The lowest BCUT2D eigenvalue weighted by Gasteiger charge is -2.45. The SMILES string of the molecule is O=C1NC(c2ccccn2)CCC1C(=O)N1CCOC2CCCCC21. The van der Waals surface area contributed by atoms with Gasteiger partial charge in [0.15, 0.2) is 0 Å². The number of nitrogens with zero attached hydrogens (tertiary/aromatic N) is 2. The average Bonchev–Trinajstić information content (AvgIpc) is 2.67. The second kappa shape index (κ2) is 7.12. The van der Waals surface area contributed by atoms with E-state index in [9.17, 15) is 9.59 Å². The number of hydrogen-bond acceptors (Lipinski definition) is 4. The third kappa shape index (κ3) is 3.27. The molecule has 1 N–H and O–H groups in total. The van der Waals surface area contributed by atoms with Gasteiger partial charge in [0.2, 0.25) is 11.8 Å². The van der Waals surface area contributed by atoms with Crippen molar-refractivity contribution in [3.05, 3.63) is 30.1 Å². The van der Waals surface area contributed by atoms with Crippen LogP contribution in [0.4, 0.5) is 0 Å². The zero-order valence-corrected chi connectivity index (χ0v) is 14.4. The maximum atomic E-state index is 13.1. The van der Waals surface area contributed by atoms with Crippen LogP contribution in [0.3, 0.4) is 0 Å². The molecule has 6 nitrogen and oxygen atoms in total. The molecule has 1 aromatic heterocycles. The molecule has 2 aliphatic heterocycles. The van der Waals surface area contributed by atoms with Crippen molar-refractivity contribution in [1.29, 1.82) is 0 Å². The first-order chi connectivity index (χ1) is 12.2. The number of carbonyl (C=O) groups excluding carboxylic acids is 2. The lowest BCUT2D eigenvalue weighted by Crippen LogP contribution is -2.58. The summed E-state index contributed by atoms with van der Waals surface area (Å²) in [6, 6.07) is 5.75. The fraction of sp³-hybridized carbons (Fsp3) is 0.632. The number of piperidine rings is 1. The maximum Gasteiger partial charge on any atom is 0.235 e. The second-order valence-corrected chi connectivity index (χ2v) is 7.24. The van der Waals surface area contributed by atoms with Gasteiger partial charge in [-0.3, -0.25) is 14.6 Å². The molecule has 25 heavy (non-hydrogen) atoms. The van der Waals surface area contributed by atoms with Gasteiger partial charge in [-0.05, 0) is 37.8 Å². The summed E-state index contributed by atoms with van der Waals surface area (Å²) in [5.74, 6) is -0.747. The highest BCUT2D eigenvalue weighted by Crippen LogP contribution is 2.32. The number of morpholine rings is 1. The number of amides is 2. The van der Waals surface area contributed by atoms with Gasteiger partial charge in [0.05, 0.1) is 30.5 Å². The standard InChI is InChI=1S/C19H25N3O3/c23-18-13(8-9-15(21-18)14-5-3-4-10-20-14)19(24)22-11-12-25-17-7-2-1-6-16(17)22/h3-5,10,13,15-17H,1-2,6-9,11-12H2,(H,21,23). The Bertz CT molecular complexity index is 634. The van der Waals surface area contributed by atoms with Crippen LogP contribution in [0.5, 0.6) is 0 Å². The average molecular weight is 343 g/mol. The molecule has 3 fully saturated rings. The van der Waals surface area contributed by atoms with E-state index in [1.165, 1.54) is 6.42 Å². The minimum absolute atomic E-state index is 0.0165. The van der Waals surface area contributed by atoms with Gasteiger partial charge in [0.25, 0.3) is 0 Å². The highest BCUT2D eigenvalue weighted by atomic mass is 16.5. The van der Waals surface area contributed by atoms with Crippen LogP contribution in [0.1, 0.15) is 50.3 Å². The van der Waals surface area contributed by atoms with E-state index in [1.807, 2.05) is 23.1 Å². The van der Waals surface area contributed by atoms with Crippen LogP contribution in [0.15, 0.2) is 24.4 Å². The number of hydrogen-bond donors (Lipinski definition) is 1. The van der Waals surface area contributed by atoms with Crippen LogP contribution in [-0.4, -0.2) is 47.0 Å². The quantitative estimate of drug-likeness (QED) is 0.832. The third-order valence-corrected chi connectivity index (χ3v) is 5.74. The molecule has 3 aliphatic rings. The fourth-order valence-electron chi connectivity index (χ4n) is 4.42. The van der Waals surface area contributed by atoms with Crippen molar-refractivity contribution in [2.24, 2.45) is 5.92 Å². The lowest BCUT2D eigenvalue weighted by atomic mass is 9.87. The molecule has 4 unspecified atom stereocenters. The first-order valence-corrected chi connectivity index (χ1v) is 9.37. The van der Waals surface area contributed by atoms with Crippen LogP contribution < -0.4 is 5.32 Å². The summed E-state index contributed by atoms with van der Waals surface area (Å²) in [5, 5.41) is 2.99. The first-order valence-electron chi connectivity index (χ1n) is 9.37. The largest absolute Gasteiger partial charge is 0.374 e. The van der Waals surface area contributed by atoms with Crippen LogP contribution in [-0.2, 0) is 14.3 Å². The van der Waals surface area contributed by atoms with Crippen molar-refractivity contribution in [3.63, 3.8) is 0 Å². The Morgan fingerprint density at radius 2 is 2.08 bits per heavy atom. The van der Waals surface area contributed by atoms with Crippen LogP contribution in [0.2, 0.25) is 0 Å². The summed E-state index contributed by atoms with van der Waals surface area (Å²) in [6.07, 6.45) is 7.52. The molecular weight excluding hydrogens is 318 g/mol. The minimum Gasteiger partial charge on any atom is -0.374 e. The molecule has 0 radical (unpaired) electrons. The van der Waals surface area contributed by atoms with Gasteiger partial charge in [-0.25, -0.2) is 0 Å². The van der Waals surface area contributed by atoms with Crippen LogP contribution in [0, 0.1) is 5.92 Å².